The Labute approximate surface area is 112 Å². The van der Waals surface area contributed by atoms with Crippen LogP contribution in [0.1, 0.15) is 43.8 Å². The number of benzene rings is 1. The third-order valence-electron chi connectivity index (χ3n) is 3.06. The van der Waals surface area contributed by atoms with Crippen molar-refractivity contribution in [3.8, 4) is 0 Å². The molecule has 0 aliphatic heterocycles. The highest BCUT2D eigenvalue weighted by Gasteiger charge is 2.10. The molecule has 5 heteroatoms. The zero-order valence-corrected chi connectivity index (χ0v) is 11.3. The smallest absolute Gasteiger partial charge is 0.131 e. The van der Waals surface area contributed by atoms with Crippen LogP contribution in [0.3, 0.4) is 0 Å². The number of aromatic nitrogens is 2. The van der Waals surface area contributed by atoms with Gasteiger partial charge in [0.1, 0.15) is 12.1 Å². The highest BCUT2D eigenvalue weighted by Crippen LogP contribution is 2.20. The lowest BCUT2D eigenvalue weighted by Gasteiger charge is -2.12. The minimum Gasteiger partial charge on any atom is -0.396 e. The number of hydrogen-bond acceptors (Lipinski definition) is 4. The summed E-state index contributed by atoms with van der Waals surface area (Å²) in [4.78, 5) is 7.76. The standard InChI is InChI=1S/C14H21N3O2/c1-9(2)13-16-11-5-4-10(8-12(11)17-13)14(19)15-6-3-7-18/h4-5,8-9,14-15,18-19H,3,6-7H2,1-2H3,(H,16,17). The highest BCUT2D eigenvalue weighted by atomic mass is 16.3. The first-order valence-electron chi connectivity index (χ1n) is 6.63. The largest absolute Gasteiger partial charge is 0.396 e. The molecule has 1 atom stereocenters. The molecule has 0 bridgehead atoms. The minimum absolute atomic E-state index is 0.122. The van der Waals surface area contributed by atoms with Gasteiger partial charge in [-0.05, 0) is 30.7 Å². The van der Waals surface area contributed by atoms with Gasteiger partial charge in [0.15, 0.2) is 0 Å². The minimum atomic E-state index is -0.721. The maximum absolute atomic E-state index is 10.00. The number of nitrogens with one attached hydrogen (secondary N) is 2. The van der Waals surface area contributed by atoms with Gasteiger partial charge in [0.05, 0.1) is 11.0 Å². The molecular weight excluding hydrogens is 242 g/mol. The number of aromatic amines is 1. The molecule has 1 aromatic carbocycles. The molecule has 0 spiro atoms. The monoisotopic (exact) mass is 263 g/mol. The average Bonchev–Trinajstić information content (AvgIpc) is 2.81. The summed E-state index contributed by atoms with van der Waals surface area (Å²) in [5.74, 6) is 1.30. The number of H-pyrrole nitrogens is 1. The lowest BCUT2D eigenvalue weighted by atomic mass is 10.1. The second-order valence-corrected chi connectivity index (χ2v) is 4.99. The summed E-state index contributed by atoms with van der Waals surface area (Å²) >= 11 is 0. The summed E-state index contributed by atoms with van der Waals surface area (Å²) in [5, 5.41) is 21.7. The first-order valence-corrected chi connectivity index (χ1v) is 6.63. The number of nitrogens with zero attached hydrogens (tertiary/aromatic N) is 1. The van der Waals surface area contributed by atoms with E-state index in [1.165, 1.54) is 0 Å². The van der Waals surface area contributed by atoms with Crippen molar-refractivity contribution < 1.29 is 10.2 Å². The third kappa shape index (κ3) is 3.32. The van der Waals surface area contributed by atoms with Crippen molar-refractivity contribution in [2.24, 2.45) is 0 Å². The summed E-state index contributed by atoms with van der Waals surface area (Å²) in [5.41, 5.74) is 2.64. The Morgan fingerprint density at radius 2 is 2.16 bits per heavy atom. The average molecular weight is 263 g/mol. The van der Waals surface area contributed by atoms with E-state index in [0.29, 0.717) is 18.9 Å². The van der Waals surface area contributed by atoms with Crippen LogP contribution in [0.15, 0.2) is 18.2 Å². The van der Waals surface area contributed by atoms with E-state index in [9.17, 15) is 5.11 Å². The molecule has 4 N–H and O–H groups in total. The molecule has 1 heterocycles. The lowest BCUT2D eigenvalue weighted by Crippen LogP contribution is -2.22. The Morgan fingerprint density at radius 1 is 1.37 bits per heavy atom. The zero-order chi connectivity index (χ0) is 13.8. The fourth-order valence-electron chi connectivity index (χ4n) is 1.93. The van der Waals surface area contributed by atoms with Crippen LogP contribution < -0.4 is 5.32 Å². The Bertz CT molecular complexity index is 536. The Morgan fingerprint density at radius 3 is 2.84 bits per heavy atom. The van der Waals surface area contributed by atoms with Gasteiger partial charge in [-0.25, -0.2) is 4.98 Å². The molecule has 0 radical (unpaired) electrons. The Balaban J connectivity index is 2.16. The molecule has 1 aromatic heterocycles. The maximum Gasteiger partial charge on any atom is 0.131 e. The van der Waals surface area contributed by atoms with Gasteiger partial charge in [0.2, 0.25) is 0 Å². The molecule has 1 unspecified atom stereocenters. The van der Waals surface area contributed by atoms with E-state index in [0.717, 1.165) is 22.4 Å². The number of hydrogen-bond donors (Lipinski definition) is 4. The zero-order valence-electron chi connectivity index (χ0n) is 11.3. The molecule has 0 saturated heterocycles. The van der Waals surface area contributed by atoms with Crippen LogP contribution in [0.4, 0.5) is 0 Å². The molecule has 104 valence electrons. The molecule has 2 aromatic rings. The van der Waals surface area contributed by atoms with Gasteiger partial charge in [-0.2, -0.15) is 0 Å². The quantitative estimate of drug-likeness (QED) is 0.472. The van der Waals surface area contributed by atoms with Crippen LogP contribution in [0, 0.1) is 0 Å². The van der Waals surface area contributed by atoms with E-state index in [-0.39, 0.29) is 6.61 Å². The number of aliphatic hydroxyl groups is 2. The summed E-state index contributed by atoms with van der Waals surface area (Å²) < 4.78 is 0. The SMILES string of the molecule is CC(C)c1nc2ccc(C(O)NCCCO)cc2[nH]1. The molecule has 0 amide bonds. The second kappa shape index (κ2) is 6.14. The van der Waals surface area contributed by atoms with Gasteiger partial charge in [-0.3, -0.25) is 5.32 Å². The van der Waals surface area contributed by atoms with Gasteiger partial charge in [-0.1, -0.05) is 19.9 Å². The van der Waals surface area contributed by atoms with Crippen molar-refractivity contribution in [3.05, 3.63) is 29.6 Å². The fourth-order valence-corrected chi connectivity index (χ4v) is 1.93. The molecular formula is C14H21N3O2. The van der Waals surface area contributed by atoms with Crippen LogP contribution in [0.2, 0.25) is 0 Å². The normalized spacial score (nSPS) is 13.3. The predicted molar refractivity (Wildman–Crippen MR) is 74.8 cm³/mol. The Kier molecular flexibility index (Phi) is 4.52. The molecule has 2 rings (SSSR count). The van der Waals surface area contributed by atoms with Crippen LogP contribution in [0.5, 0.6) is 0 Å². The molecule has 0 fully saturated rings. The summed E-state index contributed by atoms with van der Waals surface area (Å²) in [6, 6.07) is 5.68. The molecule has 0 saturated carbocycles. The summed E-state index contributed by atoms with van der Waals surface area (Å²) in [6.07, 6.45) is -0.0947. The Hall–Kier alpha value is -1.43. The van der Waals surface area contributed by atoms with Crippen LogP contribution >= 0.6 is 0 Å². The molecule has 0 aliphatic rings. The van der Waals surface area contributed by atoms with Gasteiger partial charge in [0, 0.05) is 12.5 Å². The van der Waals surface area contributed by atoms with E-state index in [2.05, 4.69) is 29.1 Å². The second-order valence-electron chi connectivity index (χ2n) is 4.99. The van der Waals surface area contributed by atoms with Crippen LogP contribution in [-0.2, 0) is 0 Å². The van der Waals surface area contributed by atoms with E-state index in [4.69, 9.17) is 5.11 Å². The van der Waals surface area contributed by atoms with Crippen molar-refractivity contribution in [3.63, 3.8) is 0 Å². The predicted octanol–water partition coefficient (Wildman–Crippen LogP) is 1.65. The number of rotatable bonds is 6. The van der Waals surface area contributed by atoms with Crippen molar-refractivity contribution in [2.45, 2.75) is 32.4 Å². The van der Waals surface area contributed by atoms with Gasteiger partial charge in [0.25, 0.3) is 0 Å². The van der Waals surface area contributed by atoms with Crippen molar-refractivity contribution in [2.75, 3.05) is 13.2 Å². The molecule has 0 aliphatic carbocycles. The first-order chi connectivity index (χ1) is 9.11. The van der Waals surface area contributed by atoms with E-state index < -0.39 is 6.23 Å². The van der Waals surface area contributed by atoms with Gasteiger partial charge in [-0.15, -0.1) is 0 Å². The topological polar surface area (TPSA) is 81.2 Å². The van der Waals surface area contributed by atoms with E-state index in [1.807, 2.05) is 18.2 Å². The van der Waals surface area contributed by atoms with Crippen molar-refractivity contribution in [1.82, 2.24) is 15.3 Å². The van der Waals surface area contributed by atoms with Crippen molar-refractivity contribution >= 4 is 11.0 Å². The maximum atomic E-state index is 10.00. The number of imidazole rings is 1. The van der Waals surface area contributed by atoms with Crippen molar-refractivity contribution in [1.29, 1.82) is 0 Å². The molecule has 5 nitrogen and oxygen atoms in total. The summed E-state index contributed by atoms with van der Waals surface area (Å²) in [6.45, 7) is 4.88. The molecule has 19 heavy (non-hydrogen) atoms. The van der Waals surface area contributed by atoms with E-state index in [1.54, 1.807) is 0 Å². The highest BCUT2D eigenvalue weighted by molar-refractivity contribution is 5.76. The van der Waals surface area contributed by atoms with E-state index >= 15 is 0 Å². The fraction of sp³-hybridized carbons (Fsp3) is 0.500. The third-order valence-corrected chi connectivity index (χ3v) is 3.06. The first kappa shape index (κ1) is 14.0. The number of fused-ring (bicyclic) bond motifs is 1. The summed E-state index contributed by atoms with van der Waals surface area (Å²) in [7, 11) is 0. The van der Waals surface area contributed by atoms with Crippen LogP contribution in [0.25, 0.3) is 11.0 Å². The number of aliphatic hydroxyl groups excluding tert-OH is 2. The van der Waals surface area contributed by atoms with Crippen LogP contribution in [-0.4, -0.2) is 33.3 Å². The lowest BCUT2D eigenvalue weighted by molar-refractivity contribution is 0.136. The van der Waals surface area contributed by atoms with Gasteiger partial charge >= 0.3 is 0 Å². The van der Waals surface area contributed by atoms with Gasteiger partial charge < -0.3 is 15.2 Å².